The molecule has 1 saturated heterocycles. The van der Waals surface area contributed by atoms with Crippen molar-refractivity contribution in [3.8, 4) is 0 Å². The normalized spacial score (nSPS) is 30.2. The number of aromatic nitrogens is 3. The van der Waals surface area contributed by atoms with Gasteiger partial charge in [0.25, 0.3) is 0 Å². The van der Waals surface area contributed by atoms with Crippen LogP contribution >= 0.6 is 34.2 Å². The lowest BCUT2D eigenvalue weighted by Crippen LogP contribution is -2.33. The van der Waals surface area contributed by atoms with Crippen LogP contribution in [0.25, 0.3) is 11.0 Å². The first-order chi connectivity index (χ1) is 9.54. The number of ether oxygens (including phenoxy) is 1. The van der Waals surface area contributed by atoms with E-state index in [4.69, 9.17) is 21.4 Å². The second-order valence-electron chi connectivity index (χ2n) is 4.48. The van der Waals surface area contributed by atoms with Gasteiger partial charge < -0.3 is 24.6 Å². The average Bonchev–Trinajstić information content (AvgIpc) is 2.90. The van der Waals surface area contributed by atoms with Gasteiger partial charge in [-0.2, -0.15) is 0 Å². The molecule has 0 unspecified atom stereocenters. The monoisotopic (exact) mass is 411 g/mol. The SMILES string of the molecule is OC[C@@H]1O[C@@H](n2cc(I)c3c(Cl)ncnc32)[C@@H](O)[C@@H]1O. The fourth-order valence-corrected chi connectivity index (χ4v) is 3.49. The number of aliphatic hydroxyl groups is 3. The topological polar surface area (TPSA) is 101 Å². The summed E-state index contributed by atoms with van der Waals surface area (Å²) in [7, 11) is 0. The van der Waals surface area contributed by atoms with E-state index in [1.807, 2.05) is 0 Å². The second kappa shape index (κ2) is 5.35. The molecule has 0 spiro atoms. The van der Waals surface area contributed by atoms with Crippen LogP contribution in [0.15, 0.2) is 12.5 Å². The fraction of sp³-hybridized carbons (Fsp3) is 0.455. The van der Waals surface area contributed by atoms with Crippen molar-refractivity contribution in [2.75, 3.05) is 6.61 Å². The molecule has 20 heavy (non-hydrogen) atoms. The number of halogens is 2. The van der Waals surface area contributed by atoms with E-state index in [2.05, 4.69) is 32.6 Å². The Kier molecular flexibility index (Phi) is 3.86. The predicted molar refractivity (Wildman–Crippen MR) is 78.3 cm³/mol. The van der Waals surface area contributed by atoms with Gasteiger partial charge in [0.1, 0.15) is 35.4 Å². The van der Waals surface area contributed by atoms with Gasteiger partial charge in [0.15, 0.2) is 6.23 Å². The van der Waals surface area contributed by atoms with E-state index < -0.39 is 24.5 Å². The molecule has 9 heteroatoms. The highest BCUT2D eigenvalue weighted by Crippen LogP contribution is 2.35. The Hall–Kier alpha value is -0.520. The molecule has 1 fully saturated rings. The Morgan fingerprint density at radius 2 is 2.10 bits per heavy atom. The standard InChI is InChI=1S/C11H11ClIN3O4/c12-9-6-4(13)1-16(10(6)15-3-14-9)11-8(19)7(18)5(2-17)20-11/h1,3,5,7-8,11,17-19H,2H2/t5-,7+,8-,11+/m0/s1. The van der Waals surface area contributed by atoms with Crippen molar-refractivity contribution in [3.05, 3.63) is 21.2 Å². The maximum Gasteiger partial charge on any atom is 0.164 e. The van der Waals surface area contributed by atoms with Gasteiger partial charge in [-0.3, -0.25) is 0 Å². The molecule has 2 aromatic rings. The fourth-order valence-electron chi connectivity index (χ4n) is 2.31. The molecule has 3 heterocycles. The molecule has 0 aromatic carbocycles. The summed E-state index contributed by atoms with van der Waals surface area (Å²) in [4.78, 5) is 8.06. The largest absolute Gasteiger partial charge is 0.394 e. The number of fused-ring (bicyclic) bond motifs is 1. The number of rotatable bonds is 2. The number of aliphatic hydroxyl groups excluding tert-OH is 3. The minimum absolute atomic E-state index is 0.310. The smallest absolute Gasteiger partial charge is 0.164 e. The van der Waals surface area contributed by atoms with Crippen LogP contribution in [0, 0.1) is 3.57 Å². The van der Waals surface area contributed by atoms with E-state index >= 15 is 0 Å². The summed E-state index contributed by atoms with van der Waals surface area (Å²) in [6.45, 7) is -0.374. The van der Waals surface area contributed by atoms with Gasteiger partial charge in [0.2, 0.25) is 0 Å². The Bertz CT molecular complexity index is 652. The van der Waals surface area contributed by atoms with Crippen molar-refractivity contribution >= 4 is 45.2 Å². The van der Waals surface area contributed by atoms with Crippen LogP contribution in [0.5, 0.6) is 0 Å². The van der Waals surface area contributed by atoms with Crippen LogP contribution in [-0.2, 0) is 4.74 Å². The van der Waals surface area contributed by atoms with E-state index in [1.54, 1.807) is 10.8 Å². The number of hydrogen-bond acceptors (Lipinski definition) is 6. The summed E-state index contributed by atoms with van der Waals surface area (Å²) in [6, 6.07) is 0. The van der Waals surface area contributed by atoms with Gasteiger partial charge in [-0.25, -0.2) is 9.97 Å². The maximum atomic E-state index is 10.1. The predicted octanol–water partition coefficient (Wildman–Crippen LogP) is 0.301. The van der Waals surface area contributed by atoms with Gasteiger partial charge in [-0.1, -0.05) is 11.6 Å². The Balaban J connectivity index is 2.10. The molecule has 108 valence electrons. The minimum Gasteiger partial charge on any atom is -0.394 e. The van der Waals surface area contributed by atoms with Crippen LogP contribution in [-0.4, -0.2) is 54.8 Å². The summed E-state index contributed by atoms with van der Waals surface area (Å²) in [6.07, 6.45) is -0.948. The first-order valence-electron chi connectivity index (χ1n) is 5.83. The number of hydrogen-bond donors (Lipinski definition) is 3. The lowest BCUT2D eigenvalue weighted by Gasteiger charge is -2.17. The number of nitrogens with zero attached hydrogens (tertiary/aromatic N) is 3. The van der Waals surface area contributed by atoms with Crippen LogP contribution in [0.4, 0.5) is 0 Å². The van der Waals surface area contributed by atoms with E-state index in [0.717, 1.165) is 3.57 Å². The van der Waals surface area contributed by atoms with E-state index in [0.29, 0.717) is 16.2 Å². The van der Waals surface area contributed by atoms with Gasteiger partial charge in [0, 0.05) is 9.77 Å². The molecule has 2 aromatic heterocycles. The molecule has 0 amide bonds. The molecule has 1 aliphatic rings. The summed E-state index contributed by atoms with van der Waals surface area (Å²) in [5.41, 5.74) is 0.504. The molecular weight excluding hydrogens is 400 g/mol. The first-order valence-corrected chi connectivity index (χ1v) is 7.29. The summed E-state index contributed by atoms with van der Waals surface area (Å²) >= 11 is 8.12. The third-order valence-corrected chi connectivity index (χ3v) is 4.41. The zero-order valence-electron chi connectivity index (χ0n) is 10.0. The van der Waals surface area contributed by atoms with E-state index in [1.165, 1.54) is 6.33 Å². The molecule has 4 atom stereocenters. The zero-order chi connectivity index (χ0) is 14.4. The van der Waals surface area contributed by atoms with Crippen molar-refractivity contribution in [1.29, 1.82) is 0 Å². The van der Waals surface area contributed by atoms with E-state index in [9.17, 15) is 10.2 Å². The van der Waals surface area contributed by atoms with Crippen molar-refractivity contribution in [1.82, 2.24) is 14.5 Å². The van der Waals surface area contributed by atoms with Crippen LogP contribution < -0.4 is 0 Å². The molecule has 3 N–H and O–H groups in total. The third kappa shape index (κ3) is 2.11. The highest BCUT2D eigenvalue weighted by Gasteiger charge is 2.44. The molecule has 3 rings (SSSR count). The first kappa shape index (κ1) is 14.4. The molecule has 0 radical (unpaired) electrons. The minimum atomic E-state index is -1.16. The van der Waals surface area contributed by atoms with Crippen molar-refractivity contribution < 1.29 is 20.1 Å². The van der Waals surface area contributed by atoms with E-state index in [-0.39, 0.29) is 6.61 Å². The molecule has 0 aliphatic carbocycles. The van der Waals surface area contributed by atoms with Crippen molar-refractivity contribution in [3.63, 3.8) is 0 Å². The van der Waals surface area contributed by atoms with Gasteiger partial charge in [-0.15, -0.1) is 0 Å². The second-order valence-corrected chi connectivity index (χ2v) is 6.00. The molecule has 0 bridgehead atoms. The summed E-state index contributed by atoms with van der Waals surface area (Å²) in [5, 5.41) is 30.0. The zero-order valence-corrected chi connectivity index (χ0v) is 12.9. The van der Waals surface area contributed by atoms with Crippen molar-refractivity contribution in [2.45, 2.75) is 24.5 Å². The van der Waals surface area contributed by atoms with Gasteiger partial charge in [0.05, 0.1) is 12.0 Å². The molecule has 7 nitrogen and oxygen atoms in total. The Morgan fingerprint density at radius 3 is 2.75 bits per heavy atom. The van der Waals surface area contributed by atoms with Crippen LogP contribution in [0.1, 0.15) is 6.23 Å². The van der Waals surface area contributed by atoms with Crippen LogP contribution in [0.2, 0.25) is 5.15 Å². The van der Waals surface area contributed by atoms with Crippen LogP contribution in [0.3, 0.4) is 0 Å². The maximum absolute atomic E-state index is 10.1. The third-order valence-electron chi connectivity index (χ3n) is 3.31. The van der Waals surface area contributed by atoms with Gasteiger partial charge in [-0.05, 0) is 22.6 Å². The Morgan fingerprint density at radius 1 is 1.35 bits per heavy atom. The molecular formula is C11H11ClIN3O4. The summed E-state index contributed by atoms with van der Waals surface area (Å²) < 4.78 is 7.89. The quantitative estimate of drug-likeness (QED) is 0.485. The highest BCUT2D eigenvalue weighted by atomic mass is 127. The molecule has 0 saturated carbocycles. The lowest BCUT2D eigenvalue weighted by molar-refractivity contribution is -0.0509. The van der Waals surface area contributed by atoms with Crippen molar-refractivity contribution in [2.24, 2.45) is 0 Å². The Labute approximate surface area is 132 Å². The highest BCUT2D eigenvalue weighted by molar-refractivity contribution is 14.1. The average molecular weight is 412 g/mol. The lowest BCUT2D eigenvalue weighted by atomic mass is 10.1. The molecule has 1 aliphatic heterocycles. The van der Waals surface area contributed by atoms with Gasteiger partial charge >= 0.3 is 0 Å². The summed E-state index contributed by atoms with van der Waals surface area (Å²) in [5.74, 6) is 0.